The van der Waals surface area contributed by atoms with Gasteiger partial charge < -0.3 is 9.32 Å². The first kappa shape index (κ1) is 13.5. The molecule has 3 rings (SSSR count). The predicted octanol–water partition coefficient (Wildman–Crippen LogP) is 0.911. The molecule has 0 radical (unpaired) electrons. The van der Waals surface area contributed by atoms with Gasteiger partial charge in [-0.1, -0.05) is 0 Å². The highest BCUT2D eigenvalue weighted by atomic mass is 16.4. The van der Waals surface area contributed by atoms with Gasteiger partial charge in [0.1, 0.15) is 6.54 Å². The summed E-state index contributed by atoms with van der Waals surface area (Å²) in [5.41, 5.74) is 0.659. The molecule has 0 aliphatic carbocycles. The number of hydrogen-bond donors (Lipinski definition) is 0. The number of carbonyl (C=O) groups is 1. The van der Waals surface area contributed by atoms with Crippen molar-refractivity contribution < 1.29 is 9.21 Å². The number of carbonyl (C=O) groups excluding carboxylic acids is 1. The van der Waals surface area contributed by atoms with Crippen LogP contribution in [0.4, 0.5) is 0 Å². The molecule has 2 aromatic rings. The Kier molecular flexibility index (Phi) is 3.81. The van der Waals surface area contributed by atoms with Crippen molar-refractivity contribution in [3.05, 3.63) is 35.1 Å². The normalized spacial score (nSPS) is 15.1. The lowest BCUT2D eigenvalue weighted by Crippen LogP contribution is -2.39. The molecular formula is C14H16N4O3. The monoisotopic (exact) mass is 288 g/mol. The maximum absolute atomic E-state index is 12.1. The molecule has 0 saturated carbocycles. The number of aromatic nitrogens is 3. The number of hydrogen-bond acceptors (Lipinski definition) is 5. The Morgan fingerprint density at radius 2 is 1.90 bits per heavy atom. The van der Waals surface area contributed by atoms with Crippen LogP contribution in [0.25, 0.3) is 11.5 Å². The summed E-state index contributed by atoms with van der Waals surface area (Å²) in [5.74, 6) is -0.507. The van der Waals surface area contributed by atoms with Crippen molar-refractivity contribution in [1.29, 1.82) is 0 Å². The quantitative estimate of drug-likeness (QED) is 0.838. The zero-order valence-electron chi connectivity index (χ0n) is 11.6. The Balaban J connectivity index is 1.76. The standard InChI is InChI=1S/C14H16N4O3/c19-12(17-8-2-1-3-9-17)10-18-14(20)21-13(16-18)11-4-6-15-7-5-11/h4-7H,1-3,8-10H2. The first-order valence-electron chi connectivity index (χ1n) is 7.00. The lowest BCUT2D eigenvalue weighted by molar-refractivity contribution is -0.133. The van der Waals surface area contributed by atoms with E-state index in [9.17, 15) is 9.59 Å². The van der Waals surface area contributed by atoms with Crippen LogP contribution in [0.5, 0.6) is 0 Å². The summed E-state index contributed by atoms with van der Waals surface area (Å²) >= 11 is 0. The second-order valence-corrected chi connectivity index (χ2v) is 5.01. The number of amides is 1. The van der Waals surface area contributed by atoms with Crippen molar-refractivity contribution >= 4 is 5.91 Å². The van der Waals surface area contributed by atoms with Gasteiger partial charge >= 0.3 is 5.76 Å². The first-order chi connectivity index (χ1) is 10.2. The van der Waals surface area contributed by atoms with E-state index in [1.807, 2.05) is 0 Å². The molecule has 0 aromatic carbocycles. The Bertz CT molecular complexity index is 671. The molecule has 0 bridgehead atoms. The van der Waals surface area contributed by atoms with Gasteiger partial charge in [0.25, 0.3) is 0 Å². The Hall–Kier alpha value is -2.44. The van der Waals surface area contributed by atoms with E-state index < -0.39 is 5.76 Å². The van der Waals surface area contributed by atoms with Crippen molar-refractivity contribution in [3.8, 4) is 11.5 Å². The van der Waals surface area contributed by atoms with E-state index in [0.29, 0.717) is 5.56 Å². The summed E-state index contributed by atoms with van der Waals surface area (Å²) in [6, 6.07) is 3.39. The highest BCUT2D eigenvalue weighted by Gasteiger charge is 2.19. The minimum Gasteiger partial charge on any atom is -0.388 e. The molecule has 0 unspecified atom stereocenters. The third kappa shape index (κ3) is 3.01. The van der Waals surface area contributed by atoms with Crippen LogP contribution in [0.15, 0.2) is 33.7 Å². The third-order valence-electron chi connectivity index (χ3n) is 3.53. The Morgan fingerprint density at radius 1 is 1.19 bits per heavy atom. The number of piperidine rings is 1. The largest absolute Gasteiger partial charge is 0.437 e. The zero-order chi connectivity index (χ0) is 14.7. The van der Waals surface area contributed by atoms with Gasteiger partial charge in [0.2, 0.25) is 11.8 Å². The van der Waals surface area contributed by atoms with Crippen molar-refractivity contribution in [2.75, 3.05) is 13.1 Å². The number of likely N-dealkylation sites (tertiary alicyclic amines) is 1. The number of pyridine rings is 1. The van der Waals surface area contributed by atoms with E-state index in [1.165, 1.54) is 0 Å². The molecule has 3 heterocycles. The highest BCUT2D eigenvalue weighted by molar-refractivity contribution is 5.76. The lowest BCUT2D eigenvalue weighted by atomic mass is 10.1. The van der Waals surface area contributed by atoms with Crippen molar-refractivity contribution in [3.63, 3.8) is 0 Å². The smallest absolute Gasteiger partial charge is 0.388 e. The molecule has 0 N–H and O–H groups in total. The number of nitrogens with zero attached hydrogens (tertiary/aromatic N) is 4. The maximum atomic E-state index is 12.1. The molecule has 1 fully saturated rings. The number of rotatable bonds is 3. The molecule has 110 valence electrons. The minimum atomic E-state index is -0.618. The van der Waals surface area contributed by atoms with Crippen molar-refractivity contribution in [2.24, 2.45) is 0 Å². The van der Waals surface area contributed by atoms with Crippen molar-refractivity contribution in [2.45, 2.75) is 25.8 Å². The van der Waals surface area contributed by atoms with Crippen LogP contribution in [0.3, 0.4) is 0 Å². The fourth-order valence-electron chi connectivity index (χ4n) is 2.39. The molecule has 0 atom stereocenters. The van der Waals surface area contributed by atoms with Gasteiger partial charge in [-0.2, -0.15) is 4.68 Å². The van der Waals surface area contributed by atoms with Gasteiger partial charge in [0.15, 0.2) is 0 Å². The molecular weight excluding hydrogens is 272 g/mol. The average molecular weight is 288 g/mol. The molecule has 7 heteroatoms. The van der Waals surface area contributed by atoms with Crippen LogP contribution in [0.1, 0.15) is 19.3 Å². The Labute approximate surface area is 121 Å². The predicted molar refractivity (Wildman–Crippen MR) is 74.4 cm³/mol. The zero-order valence-corrected chi connectivity index (χ0v) is 11.6. The van der Waals surface area contributed by atoms with Crippen LogP contribution in [-0.4, -0.2) is 38.7 Å². The minimum absolute atomic E-state index is 0.0760. The Morgan fingerprint density at radius 3 is 2.62 bits per heavy atom. The van der Waals surface area contributed by atoms with E-state index >= 15 is 0 Å². The van der Waals surface area contributed by atoms with Crippen LogP contribution < -0.4 is 5.76 Å². The first-order valence-corrected chi connectivity index (χ1v) is 7.00. The third-order valence-corrected chi connectivity index (χ3v) is 3.53. The summed E-state index contributed by atoms with van der Waals surface area (Å²) in [6.45, 7) is 1.43. The van der Waals surface area contributed by atoms with Gasteiger partial charge in [0.05, 0.1) is 0 Å². The summed E-state index contributed by atoms with van der Waals surface area (Å²) in [5, 5.41) is 4.08. The van der Waals surface area contributed by atoms with Crippen LogP contribution in [0, 0.1) is 0 Å². The molecule has 7 nitrogen and oxygen atoms in total. The van der Waals surface area contributed by atoms with Crippen LogP contribution >= 0.6 is 0 Å². The maximum Gasteiger partial charge on any atom is 0.437 e. The van der Waals surface area contributed by atoms with Gasteiger partial charge in [-0.3, -0.25) is 9.78 Å². The fourth-order valence-corrected chi connectivity index (χ4v) is 2.39. The highest BCUT2D eigenvalue weighted by Crippen LogP contribution is 2.13. The average Bonchev–Trinajstić information content (AvgIpc) is 2.90. The lowest BCUT2D eigenvalue weighted by Gasteiger charge is -2.26. The van der Waals surface area contributed by atoms with E-state index in [1.54, 1.807) is 29.4 Å². The van der Waals surface area contributed by atoms with Gasteiger partial charge in [-0.05, 0) is 31.4 Å². The summed E-state index contributed by atoms with van der Waals surface area (Å²) in [4.78, 5) is 29.6. The molecule has 1 saturated heterocycles. The SMILES string of the molecule is O=C(Cn1nc(-c2ccncc2)oc1=O)N1CCCCC1. The second kappa shape index (κ2) is 5.90. The van der Waals surface area contributed by atoms with E-state index in [0.717, 1.165) is 37.0 Å². The summed E-state index contributed by atoms with van der Waals surface area (Å²) in [6.07, 6.45) is 6.36. The van der Waals surface area contributed by atoms with E-state index in [2.05, 4.69) is 10.1 Å². The molecule has 1 aliphatic heterocycles. The molecule has 0 spiro atoms. The fraction of sp³-hybridized carbons (Fsp3) is 0.429. The molecule has 21 heavy (non-hydrogen) atoms. The summed E-state index contributed by atoms with van der Waals surface area (Å²) < 4.78 is 6.16. The van der Waals surface area contributed by atoms with Crippen LogP contribution in [0.2, 0.25) is 0 Å². The van der Waals surface area contributed by atoms with Gasteiger partial charge in [0, 0.05) is 31.0 Å². The van der Waals surface area contributed by atoms with E-state index in [-0.39, 0.29) is 18.3 Å². The molecule has 2 aromatic heterocycles. The van der Waals surface area contributed by atoms with E-state index in [4.69, 9.17) is 4.42 Å². The molecule has 1 amide bonds. The van der Waals surface area contributed by atoms with Gasteiger partial charge in [-0.15, -0.1) is 5.10 Å². The molecule has 1 aliphatic rings. The van der Waals surface area contributed by atoms with Gasteiger partial charge in [-0.25, -0.2) is 4.79 Å². The topological polar surface area (TPSA) is 81.2 Å². The second-order valence-electron chi connectivity index (χ2n) is 5.01. The van der Waals surface area contributed by atoms with Crippen molar-refractivity contribution in [1.82, 2.24) is 19.7 Å². The summed E-state index contributed by atoms with van der Waals surface area (Å²) in [7, 11) is 0. The van der Waals surface area contributed by atoms with Crippen LogP contribution in [-0.2, 0) is 11.3 Å².